The predicted molar refractivity (Wildman–Crippen MR) is 95.2 cm³/mol. The molecule has 1 amide bonds. The van der Waals surface area contributed by atoms with Crippen molar-refractivity contribution in [3.8, 4) is 0 Å². The van der Waals surface area contributed by atoms with Crippen LogP contribution in [0.5, 0.6) is 0 Å². The number of hydrogen-bond acceptors (Lipinski definition) is 3. The number of aliphatic hydroxyl groups is 1. The lowest BCUT2D eigenvalue weighted by atomic mass is 9.71. The molecular weight excluding hydrogens is 314 g/mol. The number of carbonyl (C=O) groups is 1. The van der Waals surface area contributed by atoms with E-state index in [1.165, 1.54) is 0 Å². The second-order valence-corrected chi connectivity index (χ2v) is 7.46. The third-order valence-electron chi connectivity index (χ3n) is 5.78. The molecule has 1 aromatic carbocycles. The fourth-order valence-electron chi connectivity index (χ4n) is 4.27. The Morgan fingerprint density at radius 3 is 2.92 bits per heavy atom. The number of amides is 1. The maximum atomic E-state index is 12.8. The lowest BCUT2D eigenvalue weighted by Gasteiger charge is -2.47. The molecule has 2 aromatic rings. The zero-order valence-electron chi connectivity index (χ0n) is 14.5. The summed E-state index contributed by atoms with van der Waals surface area (Å²) in [5.41, 5.74) is 1.25. The van der Waals surface area contributed by atoms with E-state index < -0.39 is 5.60 Å². The molecule has 2 aliphatic rings. The van der Waals surface area contributed by atoms with Crippen molar-refractivity contribution < 1.29 is 9.90 Å². The van der Waals surface area contributed by atoms with Crippen LogP contribution in [-0.4, -0.2) is 44.4 Å². The van der Waals surface area contributed by atoms with Crippen LogP contribution in [0.25, 0.3) is 0 Å². The van der Waals surface area contributed by atoms with Gasteiger partial charge < -0.3 is 10.0 Å². The van der Waals surface area contributed by atoms with Crippen LogP contribution in [0.1, 0.15) is 48.0 Å². The zero-order chi connectivity index (χ0) is 17.3. The topological polar surface area (TPSA) is 58.4 Å². The highest BCUT2D eigenvalue weighted by Crippen LogP contribution is 2.40. The molecule has 4 rings (SSSR count). The summed E-state index contributed by atoms with van der Waals surface area (Å²) in [4.78, 5) is 14.7. The maximum Gasteiger partial charge on any atom is 0.257 e. The molecule has 5 heteroatoms. The molecule has 0 spiro atoms. The number of piperidine rings is 1. The van der Waals surface area contributed by atoms with Crippen molar-refractivity contribution in [3.05, 3.63) is 53.9 Å². The number of fused-ring (bicyclic) bond motifs is 1. The molecule has 0 bridgehead atoms. The summed E-state index contributed by atoms with van der Waals surface area (Å²) < 4.78 is 1.81. The van der Waals surface area contributed by atoms with E-state index in [9.17, 15) is 9.90 Å². The molecule has 2 fully saturated rings. The summed E-state index contributed by atoms with van der Waals surface area (Å²) in [6.45, 7) is 1.96. The number of carbonyl (C=O) groups excluding carboxylic acids is 1. The number of aromatic nitrogens is 2. The summed E-state index contributed by atoms with van der Waals surface area (Å²) in [7, 11) is 0. The normalized spacial score (nSPS) is 26.3. The van der Waals surface area contributed by atoms with Gasteiger partial charge in [-0.05, 0) is 24.8 Å². The van der Waals surface area contributed by atoms with Gasteiger partial charge in [0.2, 0.25) is 0 Å². The molecule has 25 heavy (non-hydrogen) atoms. The van der Waals surface area contributed by atoms with Gasteiger partial charge in [-0.1, -0.05) is 43.2 Å². The van der Waals surface area contributed by atoms with Gasteiger partial charge in [0.05, 0.1) is 23.9 Å². The molecule has 2 atom stereocenters. The number of likely N-dealkylation sites (tertiary alicyclic amines) is 1. The Kier molecular flexibility index (Phi) is 4.34. The number of rotatable bonds is 3. The van der Waals surface area contributed by atoms with Gasteiger partial charge in [0, 0.05) is 25.2 Å². The molecular formula is C20H25N3O2. The minimum atomic E-state index is -0.549. The van der Waals surface area contributed by atoms with Crippen molar-refractivity contribution in [2.24, 2.45) is 5.92 Å². The van der Waals surface area contributed by atoms with E-state index in [0.717, 1.165) is 31.2 Å². The first-order chi connectivity index (χ1) is 12.1. The molecule has 1 N–H and O–H groups in total. The Morgan fingerprint density at radius 2 is 2.08 bits per heavy atom. The van der Waals surface area contributed by atoms with E-state index in [1.807, 2.05) is 34.0 Å². The first-order valence-corrected chi connectivity index (χ1v) is 9.22. The van der Waals surface area contributed by atoms with Crippen molar-refractivity contribution in [1.29, 1.82) is 0 Å². The van der Waals surface area contributed by atoms with Gasteiger partial charge in [0.15, 0.2) is 0 Å². The molecule has 1 aliphatic heterocycles. The molecule has 0 radical (unpaired) electrons. The van der Waals surface area contributed by atoms with Gasteiger partial charge in [-0.25, -0.2) is 0 Å². The SMILES string of the molecule is O=C(c1cnn(Cc2ccccc2)c1)N1CC[C@@]2(O)CCCC[C@H]2C1. The Morgan fingerprint density at radius 1 is 1.24 bits per heavy atom. The fraction of sp³-hybridized carbons (Fsp3) is 0.500. The Hall–Kier alpha value is -2.14. The van der Waals surface area contributed by atoms with E-state index in [4.69, 9.17) is 0 Å². The van der Waals surface area contributed by atoms with Crippen LogP contribution in [0.2, 0.25) is 0 Å². The average Bonchev–Trinajstić information content (AvgIpc) is 3.09. The molecule has 1 aromatic heterocycles. The first-order valence-electron chi connectivity index (χ1n) is 9.22. The van der Waals surface area contributed by atoms with E-state index in [1.54, 1.807) is 6.20 Å². The monoisotopic (exact) mass is 339 g/mol. The molecule has 5 nitrogen and oxygen atoms in total. The lowest BCUT2D eigenvalue weighted by Crippen LogP contribution is -2.54. The van der Waals surface area contributed by atoms with Crippen molar-refractivity contribution in [1.82, 2.24) is 14.7 Å². The smallest absolute Gasteiger partial charge is 0.257 e. The van der Waals surface area contributed by atoms with E-state index >= 15 is 0 Å². The molecule has 1 saturated heterocycles. The van der Waals surface area contributed by atoms with E-state index in [0.29, 0.717) is 31.6 Å². The molecule has 0 unspecified atom stereocenters. The Balaban J connectivity index is 1.43. The Bertz CT molecular complexity index is 742. The lowest BCUT2D eigenvalue weighted by molar-refractivity contribution is -0.0886. The first kappa shape index (κ1) is 16.3. The number of hydrogen-bond donors (Lipinski definition) is 1. The third-order valence-corrected chi connectivity index (χ3v) is 5.78. The van der Waals surface area contributed by atoms with Crippen LogP contribution >= 0.6 is 0 Å². The van der Waals surface area contributed by atoms with Gasteiger partial charge in [0.25, 0.3) is 5.91 Å². The maximum absolute atomic E-state index is 12.8. The van der Waals surface area contributed by atoms with Crippen LogP contribution in [0, 0.1) is 5.92 Å². The van der Waals surface area contributed by atoms with Crippen molar-refractivity contribution in [2.45, 2.75) is 44.2 Å². The van der Waals surface area contributed by atoms with E-state index in [2.05, 4.69) is 17.2 Å². The average molecular weight is 339 g/mol. The minimum Gasteiger partial charge on any atom is -0.389 e. The van der Waals surface area contributed by atoms with Gasteiger partial charge in [-0.15, -0.1) is 0 Å². The second kappa shape index (κ2) is 6.64. The van der Waals surface area contributed by atoms with Gasteiger partial charge in [-0.3, -0.25) is 9.48 Å². The summed E-state index contributed by atoms with van der Waals surface area (Å²) in [6, 6.07) is 10.1. The quantitative estimate of drug-likeness (QED) is 0.935. The summed E-state index contributed by atoms with van der Waals surface area (Å²) >= 11 is 0. The molecule has 2 heterocycles. The molecule has 1 saturated carbocycles. The van der Waals surface area contributed by atoms with Crippen molar-refractivity contribution >= 4 is 5.91 Å². The summed E-state index contributed by atoms with van der Waals surface area (Å²) in [5, 5.41) is 15.1. The predicted octanol–water partition coefficient (Wildman–Crippen LogP) is 2.70. The highest BCUT2D eigenvalue weighted by Gasteiger charge is 2.43. The van der Waals surface area contributed by atoms with Crippen molar-refractivity contribution in [2.75, 3.05) is 13.1 Å². The van der Waals surface area contributed by atoms with Gasteiger partial charge >= 0.3 is 0 Å². The van der Waals surface area contributed by atoms with Crippen LogP contribution in [0.4, 0.5) is 0 Å². The molecule has 1 aliphatic carbocycles. The van der Waals surface area contributed by atoms with Crippen LogP contribution in [0.15, 0.2) is 42.7 Å². The van der Waals surface area contributed by atoms with Gasteiger partial charge in [-0.2, -0.15) is 5.10 Å². The van der Waals surface area contributed by atoms with Crippen LogP contribution < -0.4 is 0 Å². The summed E-state index contributed by atoms with van der Waals surface area (Å²) in [5.74, 6) is 0.255. The number of benzene rings is 1. The zero-order valence-corrected chi connectivity index (χ0v) is 14.5. The molecule has 132 valence electrons. The van der Waals surface area contributed by atoms with E-state index in [-0.39, 0.29) is 11.8 Å². The standard InChI is InChI=1S/C20H25N3O2/c24-19(22-11-10-20(25)9-5-4-8-18(20)15-22)17-12-21-23(14-17)13-16-6-2-1-3-7-16/h1-3,6-7,12,14,18,25H,4-5,8-11,13,15H2/t18-,20-/m0/s1. The highest BCUT2D eigenvalue weighted by atomic mass is 16.3. The van der Waals surface area contributed by atoms with Crippen LogP contribution in [0.3, 0.4) is 0 Å². The number of nitrogens with zero attached hydrogens (tertiary/aromatic N) is 3. The fourth-order valence-corrected chi connectivity index (χ4v) is 4.27. The largest absolute Gasteiger partial charge is 0.389 e. The van der Waals surface area contributed by atoms with Crippen molar-refractivity contribution in [3.63, 3.8) is 0 Å². The van der Waals surface area contributed by atoms with Gasteiger partial charge in [0.1, 0.15) is 0 Å². The third kappa shape index (κ3) is 3.33. The summed E-state index contributed by atoms with van der Waals surface area (Å²) in [6.07, 6.45) is 8.35. The highest BCUT2D eigenvalue weighted by molar-refractivity contribution is 5.93. The van der Waals surface area contributed by atoms with Crippen LogP contribution in [-0.2, 0) is 6.54 Å². The minimum absolute atomic E-state index is 0.0342. The Labute approximate surface area is 148 Å². The second-order valence-electron chi connectivity index (χ2n) is 7.46.